The number of hydrogen-bond donors (Lipinski definition) is 1. The maximum Gasteiger partial charge on any atom is 0.119 e. The molecule has 1 heterocycles. The van der Waals surface area contributed by atoms with E-state index < -0.39 is 6.10 Å². The quantitative estimate of drug-likeness (QED) is 0.872. The lowest BCUT2D eigenvalue weighted by molar-refractivity contribution is 0.129. The van der Waals surface area contributed by atoms with Crippen LogP contribution in [0, 0.1) is 0 Å². The number of para-hydroxylation sites is 1. The highest BCUT2D eigenvalue weighted by atomic mass is 79.9. The minimum absolute atomic E-state index is 0.209. The van der Waals surface area contributed by atoms with Gasteiger partial charge in [-0.3, -0.25) is 4.68 Å². The molecule has 0 saturated heterocycles. The van der Waals surface area contributed by atoms with E-state index in [0.29, 0.717) is 13.0 Å². The van der Waals surface area contributed by atoms with Crippen LogP contribution in [0.15, 0.2) is 41.0 Å². The number of hydrogen-bond acceptors (Lipinski definition) is 3. The van der Waals surface area contributed by atoms with Gasteiger partial charge in [-0.1, -0.05) is 18.2 Å². The second kappa shape index (κ2) is 6.90. The van der Waals surface area contributed by atoms with E-state index in [1.165, 1.54) is 0 Å². The first-order valence-corrected chi connectivity index (χ1v) is 7.47. The molecule has 2 rings (SSSR count). The van der Waals surface area contributed by atoms with Gasteiger partial charge in [0, 0.05) is 12.5 Å². The molecule has 0 aliphatic heterocycles. The number of aliphatic hydroxyl groups is 1. The molecule has 1 atom stereocenters. The van der Waals surface area contributed by atoms with Gasteiger partial charge in [-0.25, -0.2) is 0 Å². The lowest BCUT2D eigenvalue weighted by Crippen LogP contribution is -2.14. The Balaban J connectivity index is 1.95. The number of nitrogens with zero attached hydrogens (tertiary/aromatic N) is 2. The average molecular weight is 339 g/mol. The highest BCUT2D eigenvalue weighted by molar-refractivity contribution is 9.10. The van der Waals surface area contributed by atoms with Crippen LogP contribution in [-0.2, 0) is 0 Å². The molecule has 0 spiro atoms. The second-order valence-electron chi connectivity index (χ2n) is 4.88. The van der Waals surface area contributed by atoms with Crippen molar-refractivity contribution in [2.45, 2.75) is 32.4 Å². The lowest BCUT2D eigenvalue weighted by Gasteiger charge is -2.17. The first-order chi connectivity index (χ1) is 9.59. The molecule has 1 aromatic heterocycles. The summed E-state index contributed by atoms with van der Waals surface area (Å²) in [5.41, 5.74) is 0.802. The molecule has 0 saturated carbocycles. The van der Waals surface area contributed by atoms with Crippen LogP contribution in [0.2, 0.25) is 0 Å². The predicted octanol–water partition coefficient (Wildman–Crippen LogP) is 3.73. The van der Waals surface area contributed by atoms with Crippen molar-refractivity contribution in [2.75, 3.05) is 6.61 Å². The Morgan fingerprint density at radius 1 is 1.30 bits per heavy atom. The zero-order valence-corrected chi connectivity index (χ0v) is 13.2. The number of aliphatic hydroxyl groups excluding tert-OH is 1. The average Bonchev–Trinajstić information content (AvgIpc) is 2.82. The monoisotopic (exact) mass is 338 g/mol. The first-order valence-electron chi connectivity index (χ1n) is 6.68. The van der Waals surface area contributed by atoms with Crippen molar-refractivity contribution in [1.82, 2.24) is 9.78 Å². The van der Waals surface area contributed by atoms with E-state index in [-0.39, 0.29) is 6.04 Å². The largest absolute Gasteiger partial charge is 0.493 e. The molecule has 0 bridgehead atoms. The minimum atomic E-state index is -0.599. The van der Waals surface area contributed by atoms with Gasteiger partial charge >= 0.3 is 0 Å². The fourth-order valence-corrected chi connectivity index (χ4v) is 2.55. The summed E-state index contributed by atoms with van der Waals surface area (Å²) in [6.45, 7) is 4.53. The minimum Gasteiger partial charge on any atom is -0.493 e. The lowest BCUT2D eigenvalue weighted by atomic mass is 10.2. The Morgan fingerprint density at radius 2 is 2.00 bits per heavy atom. The summed E-state index contributed by atoms with van der Waals surface area (Å²) in [6.07, 6.45) is 1.64. The number of halogens is 1. The van der Waals surface area contributed by atoms with Crippen LogP contribution in [0.1, 0.15) is 38.1 Å². The van der Waals surface area contributed by atoms with Crippen LogP contribution < -0.4 is 4.74 Å². The smallest absolute Gasteiger partial charge is 0.119 e. The summed E-state index contributed by atoms with van der Waals surface area (Å²) in [5.74, 6) is 0.816. The van der Waals surface area contributed by atoms with Crippen LogP contribution in [-0.4, -0.2) is 21.5 Å². The van der Waals surface area contributed by atoms with E-state index in [1.807, 2.05) is 48.9 Å². The number of aromatic nitrogens is 2. The summed E-state index contributed by atoms with van der Waals surface area (Å²) in [4.78, 5) is 0. The van der Waals surface area contributed by atoms with E-state index in [4.69, 9.17) is 4.74 Å². The van der Waals surface area contributed by atoms with E-state index in [1.54, 1.807) is 6.20 Å². The number of ether oxygens (including phenoxy) is 1. The SMILES string of the molecule is CC(C)n1ncc(Br)c1C(O)CCOc1ccccc1. The highest BCUT2D eigenvalue weighted by Crippen LogP contribution is 2.27. The fourth-order valence-electron chi connectivity index (χ4n) is 2.02. The molecule has 0 fully saturated rings. The summed E-state index contributed by atoms with van der Waals surface area (Å²) < 4.78 is 8.27. The van der Waals surface area contributed by atoms with Crippen molar-refractivity contribution >= 4 is 15.9 Å². The van der Waals surface area contributed by atoms with Crippen LogP contribution in [0.25, 0.3) is 0 Å². The third-order valence-corrected chi connectivity index (χ3v) is 3.61. The molecule has 1 unspecified atom stereocenters. The highest BCUT2D eigenvalue weighted by Gasteiger charge is 2.19. The summed E-state index contributed by atoms with van der Waals surface area (Å²) in [6, 6.07) is 9.81. The molecule has 5 heteroatoms. The van der Waals surface area contributed by atoms with Gasteiger partial charge in [0.2, 0.25) is 0 Å². The third-order valence-electron chi connectivity index (χ3n) is 2.99. The van der Waals surface area contributed by atoms with Crippen LogP contribution in [0.3, 0.4) is 0 Å². The zero-order chi connectivity index (χ0) is 14.5. The van der Waals surface area contributed by atoms with E-state index in [9.17, 15) is 5.11 Å². The van der Waals surface area contributed by atoms with E-state index >= 15 is 0 Å². The van der Waals surface area contributed by atoms with Crippen molar-refractivity contribution in [2.24, 2.45) is 0 Å². The second-order valence-corrected chi connectivity index (χ2v) is 5.74. The Hall–Kier alpha value is -1.33. The Morgan fingerprint density at radius 3 is 2.65 bits per heavy atom. The Bertz CT molecular complexity index is 540. The zero-order valence-electron chi connectivity index (χ0n) is 11.7. The topological polar surface area (TPSA) is 47.3 Å². The van der Waals surface area contributed by atoms with Gasteiger partial charge in [-0.05, 0) is 41.9 Å². The molecule has 20 heavy (non-hydrogen) atoms. The van der Waals surface area contributed by atoms with Crippen LogP contribution in [0.4, 0.5) is 0 Å². The van der Waals surface area contributed by atoms with Gasteiger partial charge in [0.15, 0.2) is 0 Å². The molecular formula is C15H19BrN2O2. The van der Waals surface area contributed by atoms with E-state index in [2.05, 4.69) is 21.0 Å². The molecule has 0 amide bonds. The Labute approximate surface area is 127 Å². The summed E-state index contributed by atoms with van der Waals surface area (Å²) in [7, 11) is 0. The van der Waals surface area contributed by atoms with Crippen molar-refractivity contribution in [1.29, 1.82) is 0 Å². The fraction of sp³-hybridized carbons (Fsp3) is 0.400. The van der Waals surface area contributed by atoms with Crippen LogP contribution >= 0.6 is 15.9 Å². The maximum absolute atomic E-state index is 10.3. The summed E-state index contributed by atoms with van der Waals surface area (Å²) >= 11 is 3.44. The molecule has 0 aliphatic rings. The van der Waals surface area contributed by atoms with E-state index in [0.717, 1.165) is 15.9 Å². The van der Waals surface area contributed by atoms with Gasteiger partial charge in [-0.15, -0.1) is 0 Å². The standard InChI is InChI=1S/C15H19BrN2O2/c1-11(2)18-15(13(16)10-17-18)14(19)8-9-20-12-6-4-3-5-7-12/h3-7,10-11,14,19H,8-9H2,1-2H3. The van der Waals surface area contributed by atoms with Gasteiger partial charge in [-0.2, -0.15) is 5.10 Å². The van der Waals surface area contributed by atoms with Crippen molar-refractivity contribution in [3.8, 4) is 5.75 Å². The molecule has 0 aliphatic carbocycles. The molecule has 0 radical (unpaired) electrons. The van der Waals surface area contributed by atoms with Gasteiger partial charge in [0.05, 0.1) is 23.0 Å². The molecule has 2 aromatic rings. The number of rotatable bonds is 6. The van der Waals surface area contributed by atoms with Gasteiger partial charge in [0.25, 0.3) is 0 Å². The van der Waals surface area contributed by atoms with Crippen molar-refractivity contribution in [3.63, 3.8) is 0 Å². The Kier molecular flexibility index (Phi) is 5.20. The summed E-state index contributed by atoms with van der Waals surface area (Å²) in [5, 5.41) is 14.6. The molecule has 108 valence electrons. The molecular weight excluding hydrogens is 320 g/mol. The molecule has 1 N–H and O–H groups in total. The predicted molar refractivity (Wildman–Crippen MR) is 81.8 cm³/mol. The molecule has 1 aromatic carbocycles. The number of benzene rings is 1. The van der Waals surface area contributed by atoms with Crippen molar-refractivity contribution in [3.05, 3.63) is 46.7 Å². The van der Waals surface area contributed by atoms with Gasteiger partial charge in [0.1, 0.15) is 11.9 Å². The molecule has 4 nitrogen and oxygen atoms in total. The third kappa shape index (κ3) is 3.61. The first kappa shape index (κ1) is 15.1. The van der Waals surface area contributed by atoms with Crippen LogP contribution in [0.5, 0.6) is 5.75 Å². The van der Waals surface area contributed by atoms with Gasteiger partial charge < -0.3 is 9.84 Å². The normalized spacial score (nSPS) is 12.7. The van der Waals surface area contributed by atoms with Crippen molar-refractivity contribution < 1.29 is 9.84 Å². The maximum atomic E-state index is 10.3.